The molecule has 2 aromatic carbocycles. The Hall–Kier alpha value is -1.38. The number of fused-ring (bicyclic) bond motifs is 2. The summed E-state index contributed by atoms with van der Waals surface area (Å²) >= 11 is 4.80. The predicted octanol–water partition coefficient (Wildman–Crippen LogP) is 6.63. The zero-order valence-electron chi connectivity index (χ0n) is 16.0. The summed E-state index contributed by atoms with van der Waals surface area (Å²) in [6.45, 7) is 0.695. The average Bonchev–Trinajstić information content (AvgIpc) is 2.64. The molecule has 4 rings (SSSR count). The molecular formula is C21H23BrF3N3S. The van der Waals surface area contributed by atoms with E-state index in [0.717, 1.165) is 46.4 Å². The van der Waals surface area contributed by atoms with E-state index in [9.17, 15) is 13.2 Å². The molecule has 29 heavy (non-hydrogen) atoms. The quantitative estimate of drug-likeness (QED) is 0.436. The number of hydrogen-bond acceptors (Lipinski definition) is 4. The first kappa shape index (κ1) is 20.9. The Balaban J connectivity index is 1.70. The fourth-order valence-corrected chi connectivity index (χ4v) is 5.80. The first-order chi connectivity index (χ1) is 13.7. The van der Waals surface area contributed by atoms with Crippen molar-refractivity contribution in [2.24, 2.45) is 11.7 Å². The number of nitrogens with two attached hydrogens (primary N) is 1. The van der Waals surface area contributed by atoms with Crippen LogP contribution in [0.2, 0.25) is 0 Å². The smallest absolute Gasteiger partial charge is 0.373 e. The van der Waals surface area contributed by atoms with Crippen LogP contribution in [0, 0.1) is 5.92 Å². The van der Waals surface area contributed by atoms with Crippen molar-refractivity contribution in [3.8, 4) is 0 Å². The summed E-state index contributed by atoms with van der Waals surface area (Å²) < 4.78 is 41.7. The van der Waals surface area contributed by atoms with Gasteiger partial charge in [-0.2, -0.15) is 13.2 Å². The lowest BCUT2D eigenvalue weighted by Gasteiger charge is -2.34. The topological polar surface area (TPSA) is 41.3 Å². The van der Waals surface area contributed by atoms with E-state index in [1.165, 1.54) is 23.9 Å². The van der Waals surface area contributed by atoms with Gasteiger partial charge in [-0.3, -0.25) is 0 Å². The average molecular weight is 486 g/mol. The summed E-state index contributed by atoms with van der Waals surface area (Å²) in [6, 6.07) is 8.48. The van der Waals surface area contributed by atoms with Crippen molar-refractivity contribution in [3.63, 3.8) is 0 Å². The molecule has 0 amide bonds. The number of halogens is 4. The maximum Gasteiger partial charge on any atom is 0.416 e. The Morgan fingerprint density at radius 1 is 1.21 bits per heavy atom. The molecule has 3 nitrogen and oxygen atoms in total. The molecule has 156 valence electrons. The van der Waals surface area contributed by atoms with Crippen molar-refractivity contribution in [2.75, 3.05) is 23.8 Å². The second kappa shape index (κ2) is 8.04. The molecule has 1 heterocycles. The van der Waals surface area contributed by atoms with Crippen LogP contribution in [0.5, 0.6) is 0 Å². The van der Waals surface area contributed by atoms with Gasteiger partial charge in [0.2, 0.25) is 0 Å². The highest BCUT2D eigenvalue weighted by Crippen LogP contribution is 2.50. The maximum absolute atomic E-state index is 13.6. The predicted molar refractivity (Wildman–Crippen MR) is 116 cm³/mol. The van der Waals surface area contributed by atoms with E-state index in [1.807, 2.05) is 30.1 Å². The number of nitrogens with zero attached hydrogens (tertiary/aromatic N) is 1. The number of alkyl halides is 3. The van der Waals surface area contributed by atoms with Crippen LogP contribution in [0.1, 0.15) is 31.2 Å². The third-order valence-electron chi connectivity index (χ3n) is 5.60. The number of nitrogens with one attached hydrogen (secondary N) is 1. The summed E-state index contributed by atoms with van der Waals surface area (Å²) in [5.74, 6) is 0.397. The van der Waals surface area contributed by atoms with Crippen LogP contribution >= 0.6 is 27.7 Å². The van der Waals surface area contributed by atoms with Gasteiger partial charge >= 0.3 is 6.18 Å². The molecule has 2 atom stereocenters. The normalized spacial score (nSPS) is 21.2. The van der Waals surface area contributed by atoms with E-state index >= 15 is 0 Å². The van der Waals surface area contributed by atoms with Gasteiger partial charge in [0, 0.05) is 33.9 Å². The summed E-state index contributed by atoms with van der Waals surface area (Å²) in [4.78, 5) is 3.44. The summed E-state index contributed by atoms with van der Waals surface area (Å²) in [5, 5.41) is 3.37. The summed E-state index contributed by atoms with van der Waals surface area (Å²) in [5.41, 5.74) is 7.71. The van der Waals surface area contributed by atoms with Crippen LogP contribution in [0.25, 0.3) is 0 Å². The zero-order valence-corrected chi connectivity index (χ0v) is 18.4. The van der Waals surface area contributed by atoms with Crippen molar-refractivity contribution >= 4 is 44.8 Å². The number of benzene rings is 2. The molecule has 0 saturated heterocycles. The Labute approximate surface area is 181 Å². The summed E-state index contributed by atoms with van der Waals surface area (Å²) in [7, 11) is 1.87. The van der Waals surface area contributed by atoms with Crippen LogP contribution in [-0.4, -0.2) is 19.6 Å². The van der Waals surface area contributed by atoms with E-state index in [1.54, 1.807) is 0 Å². The number of hydrogen-bond donors (Lipinski definition) is 2. The van der Waals surface area contributed by atoms with Gasteiger partial charge in [-0.15, -0.1) is 0 Å². The first-order valence-electron chi connectivity index (χ1n) is 9.67. The van der Waals surface area contributed by atoms with Gasteiger partial charge in [-0.25, -0.2) is 0 Å². The van der Waals surface area contributed by atoms with Gasteiger partial charge in [0.1, 0.15) is 0 Å². The Bertz CT molecular complexity index is 919. The molecule has 1 aliphatic carbocycles. The fraction of sp³-hybridized carbons (Fsp3) is 0.429. The van der Waals surface area contributed by atoms with Crippen LogP contribution < -0.4 is 16.0 Å². The lowest BCUT2D eigenvalue weighted by Crippen LogP contribution is -2.34. The van der Waals surface area contributed by atoms with E-state index in [0.29, 0.717) is 23.0 Å². The van der Waals surface area contributed by atoms with Gasteiger partial charge in [-0.1, -0.05) is 34.1 Å². The monoisotopic (exact) mass is 485 g/mol. The Kier molecular flexibility index (Phi) is 5.79. The molecule has 2 aliphatic rings. The minimum Gasteiger partial charge on any atom is -0.373 e. The van der Waals surface area contributed by atoms with Crippen molar-refractivity contribution in [3.05, 3.63) is 40.4 Å². The number of anilines is 3. The minimum absolute atomic E-state index is 0.191. The largest absolute Gasteiger partial charge is 0.416 e. The highest BCUT2D eigenvalue weighted by atomic mass is 79.9. The maximum atomic E-state index is 13.6. The van der Waals surface area contributed by atoms with Crippen LogP contribution in [0.4, 0.5) is 30.2 Å². The molecule has 1 aliphatic heterocycles. The van der Waals surface area contributed by atoms with E-state index in [4.69, 9.17) is 5.73 Å². The van der Waals surface area contributed by atoms with Crippen LogP contribution in [0.3, 0.4) is 0 Å². The lowest BCUT2D eigenvalue weighted by molar-refractivity contribution is -0.137. The van der Waals surface area contributed by atoms with Crippen molar-refractivity contribution < 1.29 is 13.2 Å². The summed E-state index contributed by atoms with van der Waals surface area (Å²) in [6.07, 6.45) is -0.293. The molecule has 0 spiro atoms. The van der Waals surface area contributed by atoms with E-state index in [2.05, 4.69) is 21.2 Å². The fourth-order valence-electron chi connectivity index (χ4n) is 4.19. The van der Waals surface area contributed by atoms with Crippen LogP contribution in [0.15, 0.2) is 44.6 Å². The third kappa shape index (κ3) is 4.54. The molecule has 2 aromatic rings. The van der Waals surface area contributed by atoms with Gasteiger partial charge in [-0.05, 0) is 55.5 Å². The molecule has 3 N–H and O–H groups in total. The van der Waals surface area contributed by atoms with Gasteiger partial charge < -0.3 is 16.0 Å². The highest BCUT2D eigenvalue weighted by molar-refractivity contribution is 9.10. The van der Waals surface area contributed by atoms with Crippen molar-refractivity contribution in [1.82, 2.24) is 0 Å². The van der Waals surface area contributed by atoms with E-state index < -0.39 is 11.7 Å². The van der Waals surface area contributed by atoms with E-state index in [-0.39, 0.29) is 6.04 Å². The standard InChI is InChI=1S/C21H23BrF3N3S/c1-28(11-12-3-2-4-15(26)7-12)17-8-13(21(23,24)25)9-19-20(17)27-16-6-5-14(22)10-18(16)29-19/h5-6,8-10,12,15,27H,2-4,7,11,26H2,1H3. The Morgan fingerprint density at radius 3 is 2.72 bits per heavy atom. The second-order valence-electron chi connectivity index (χ2n) is 7.91. The van der Waals surface area contributed by atoms with Gasteiger partial charge in [0.05, 0.1) is 22.6 Å². The minimum atomic E-state index is -4.39. The Morgan fingerprint density at radius 2 is 2.00 bits per heavy atom. The molecule has 8 heteroatoms. The first-order valence-corrected chi connectivity index (χ1v) is 11.3. The molecule has 0 radical (unpaired) electrons. The number of rotatable bonds is 3. The SMILES string of the molecule is CN(CC1CCCC(N)C1)c1cc(C(F)(F)F)cc2c1Nc1ccc(Br)cc1S2. The third-order valence-corrected chi connectivity index (χ3v) is 7.19. The zero-order chi connectivity index (χ0) is 20.8. The molecule has 1 fully saturated rings. The molecule has 1 saturated carbocycles. The lowest BCUT2D eigenvalue weighted by atomic mass is 9.86. The second-order valence-corrected chi connectivity index (χ2v) is 9.91. The van der Waals surface area contributed by atoms with Crippen molar-refractivity contribution in [1.29, 1.82) is 0 Å². The van der Waals surface area contributed by atoms with Crippen LogP contribution in [-0.2, 0) is 6.18 Å². The highest BCUT2D eigenvalue weighted by Gasteiger charge is 2.34. The molecular weight excluding hydrogens is 463 g/mol. The molecule has 0 aromatic heterocycles. The molecule has 0 bridgehead atoms. The van der Waals surface area contributed by atoms with Gasteiger partial charge in [0.25, 0.3) is 0 Å². The van der Waals surface area contributed by atoms with Gasteiger partial charge in [0.15, 0.2) is 0 Å². The molecule has 2 unspecified atom stereocenters. The van der Waals surface area contributed by atoms with Crippen molar-refractivity contribution in [2.45, 2.75) is 47.7 Å².